The molecule has 0 bridgehead atoms. The SMILES string of the molecule is COc1ccc(NCCN(C)C)cc1Br. The fourth-order valence-corrected chi connectivity index (χ4v) is 1.74. The first-order valence-corrected chi connectivity index (χ1v) is 5.65. The minimum absolute atomic E-state index is 0.855. The Morgan fingerprint density at radius 3 is 2.67 bits per heavy atom. The van der Waals surface area contributed by atoms with Crippen LogP contribution in [0.15, 0.2) is 22.7 Å². The number of benzene rings is 1. The van der Waals surface area contributed by atoms with E-state index in [0.717, 1.165) is 29.0 Å². The Hall–Kier alpha value is -0.740. The molecule has 0 aromatic heterocycles. The predicted molar refractivity (Wildman–Crippen MR) is 67.7 cm³/mol. The molecule has 0 spiro atoms. The molecule has 4 heteroatoms. The smallest absolute Gasteiger partial charge is 0.133 e. The molecule has 0 aliphatic heterocycles. The monoisotopic (exact) mass is 272 g/mol. The summed E-state index contributed by atoms with van der Waals surface area (Å²) in [5.74, 6) is 0.855. The summed E-state index contributed by atoms with van der Waals surface area (Å²) in [5.41, 5.74) is 1.10. The van der Waals surface area contributed by atoms with Gasteiger partial charge in [0, 0.05) is 18.8 Å². The first-order valence-electron chi connectivity index (χ1n) is 4.85. The molecule has 3 nitrogen and oxygen atoms in total. The van der Waals surface area contributed by atoms with Crippen LogP contribution < -0.4 is 10.1 Å². The van der Waals surface area contributed by atoms with E-state index >= 15 is 0 Å². The maximum absolute atomic E-state index is 5.16. The summed E-state index contributed by atoms with van der Waals surface area (Å²) in [7, 11) is 5.79. The Morgan fingerprint density at radius 2 is 2.13 bits per heavy atom. The lowest BCUT2D eigenvalue weighted by atomic mass is 10.3. The van der Waals surface area contributed by atoms with Gasteiger partial charge < -0.3 is 15.0 Å². The fraction of sp³-hybridized carbons (Fsp3) is 0.455. The average Bonchev–Trinajstić information content (AvgIpc) is 2.17. The average molecular weight is 273 g/mol. The van der Waals surface area contributed by atoms with Gasteiger partial charge >= 0.3 is 0 Å². The van der Waals surface area contributed by atoms with Gasteiger partial charge in [-0.1, -0.05) is 0 Å². The summed E-state index contributed by atoms with van der Waals surface area (Å²) in [6, 6.07) is 5.98. The van der Waals surface area contributed by atoms with Gasteiger partial charge in [-0.25, -0.2) is 0 Å². The third-order valence-corrected chi connectivity index (χ3v) is 2.66. The molecule has 0 aliphatic carbocycles. The van der Waals surface area contributed by atoms with Crippen LogP contribution in [0.1, 0.15) is 0 Å². The number of hydrogen-bond acceptors (Lipinski definition) is 3. The second-order valence-electron chi connectivity index (χ2n) is 3.58. The zero-order chi connectivity index (χ0) is 11.3. The van der Waals surface area contributed by atoms with Crippen molar-refractivity contribution in [1.29, 1.82) is 0 Å². The molecule has 0 amide bonds. The van der Waals surface area contributed by atoms with Crippen molar-refractivity contribution in [3.8, 4) is 5.75 Å². The Labute approximate surface area is 99.5 Å². The molecule has 0 fully saturated rings. The third-order valence-electron chi connectivity index (χ3n) is 2.04. The minimum Gasteiger partial charge on any atom is -0.496 e. The molecule has 0 aliphatic rings. The number of nitrogens with zero attached hydrogens (tertiary/aromatic N) is 1. The quantitative estimate of drug-likeness (QED) is 0.891. The molecule has 0 atom stereocenters. The van der Waals surface area contributed by atoms with Crippen molar-refractivity contribution < 1.29 is 4.74 Å². The standard InChI is InChI=1S/C11H17BrN2O/c1-14(2)7-6-13-9-4-5-11(15-3)10(12)8-9/h4-5,8,13H,6-7H2,1-3H3. The van der Waals surface area contributed by atoms with Crippen LogP contribution in [0.4, 0.5) is 5.69 Å². The number of likely N-dealkylation sites (N-methyl/N-ethyl adjacent to an activating group) is 1. The lowest BCUT2D eigenvalue weighted by Crippen LogP contribution is -2.20. The van der Waals surface area contributed by atoms with E-state index in [2.05, 4.69) is 40.2 Å². The highest BCUT2D eigenvalue weighted by Crippen LogP contribution is 2.27. The summed E-state index contributed by atoms with van der Waals surface area (Å²) in [5, 5.41) is 3.34. The Morgan fingerprint density at radius 1 is 1.40 bits per heavy atom. The van der Waals surface area contributed by atoms with Crippen LogP contribution in [0.2, 0.25) is 0 Å². The van der Waals surface area contributed by atoms with Crippen LogP contribution in [-0.2, 0) is 0 Å². The highest BCUT2D eigenvalue weighted by Gasteiger charge is 2.00. The van der Waals surface area contributed by atoms with Crippen molar-refractivity contribution in [3.63, 3.8) is 0 Å². The predicted octanol–water partition coefficient (Wildman–Crippen LogP) is 2.43. The van der Waals surface area contributed by atoms with E-state index in [0.29, 0.717) is 0 Å². The van der Waals surface area contributed by atoms with Gasteiger partial charge in [0.05, 0.1) is 11.6 Å². The Balaban J connectivity index is 2.52. The van der Waals surface area contributed by atoms with Gasteiger partial charge in [-0.05, 0) is 48.2 Å². The highest BCUT2D eigenvalue weighted by molar-refractivity contribution is 9.10. The van der Waals surface area contributed by atoms with Crippen LogP contribution in [0.3, 0.4) is 0 Å². The van der Waals surface area contributed by atoms with E-state index in [9.17, 15) is 0 Å². The first kappa shape index (κ1) is 12.3. The highest BCUT2D eigenvalue weighted by atomic mass is 79.9. The number of nitrogens with one attached hydrogen (secondary N) is 1. The van der Waals surface area contributed by atoms with Gasteiger partial charge in [0.25, 0.3) is 0 Å². The molecule has 15 heavy (non-hydrogen) atoms. The van der Waals surface area contributed by atoms with Crippen LogP contribution >= 0.6 is 15.9 Å². The van der Waals surface area contributed by atoms with Crippen molar-refractivity contribution in [2.45, 2.75) is 0 Å². The molecule has 0 saturated carbocycles. The van der Waals surface area contributed by atoms with Gasteiger partial charge in [0.1, 0.15) is 5.75 Å². The molecule has 1 aromatic carbocycles. The van der Waals surface area contributed by atoms with Gasteiger partial charge in [-0.3, -0.25) is 0 Å². The van der Waals surface area contributed by atoms with Crippen LogP contribution in [0.25, 0.3) is 0 Å². The summed E-state index contributed by atoms with van der Waals surface area (Å²) in [6.45, 7) is 1.95. The molecule has 0 unspecified atom stereocenters. The van der Waals surface area contributed by atoms with Crippen molar-refractivity contribution in [3.05, 3.63) is 22.7 Å². The number of methoxy groups -OCH3 is 1. The Kier molecular flexibility index (Phi) is 4.91. The molecule has 0 radical (unpaired) electrons. The van der Waals surface area contributed by atoms with Gasteiger partial charge in [-0.2, -0.15) is 0 Å². The molecule has 1 N–H and O–H groups in total. The van der Waals surface area contributed by atoms with E-state index in [4.69, 9.17) is 4.74 Å². The molecule has 1 rings (SSSR count). The second-order valence-corrected chi connectivity index (χ2v) is 4.43. The third kappa shape index (κ3) is 4.10. The van der Waals surface area contributed by atoms with Crippen molar-refractivity contribution in [2.75, 3.05) is 39.6 Å². The van der Waals surface area contributed by atoms with Crippen molar-refractivity contribution in [1.82, 2.24) is 4.90 Å². The van der Waals surface area contributed by atoms with E-state index in [1.165, 1.54) is 0 Å². The first-order chi connectivity index (χ1) is 7.13. The van der Waals surface area contributed by atoms with E-state index in [1.807, 2.05) is 18.2 Å². The lowest BCUT2D eigenvalue weighted by molar-refractivity contribution is 0.412. The molecule has 84 valence electrons. The Bertz CT molecular complexity index is 315. The van der Waals surface area contributed by atoms with Gasteiger partial charge in [0.15, 0.2) is 0 Å². The zero-order valence-corrected chi connectivity index (χ0v) is 11.0. The number of rotatable bonds is 5. The maximum Gasteiger partial charge on any atom is 0.133 e. The van der Waals surface area contributed by atoms with Crippen LogP contribution in [-0.4, -0.2) is 39.2 Å². The molecule has 1 aromatic rings. The zero-order valence-electron chi connectivity index (χ0n) is 9.38. The van der Waals surface area contributed by atoms with E-state index in [-0.39, 0.29) is 0 Å². The van der Waals surface area contributed by atoms with E-state index in [1.54, 1.807) is 7.11 Å². The summed E-state index contributed by atoms with van der Waals surface area (Å²) < 4.78 is 6.13. The van der Waals surface area contributed by atoms with E-state index < -0.39 is 0 Å². The van der Waals surface area contributed by atoms with Crippen LogP contribution in [0, 0.1) is 0 Å². The van der Waals surface area contributed by atoms with Gasteiger partial charge in [-0.15, -0.1) is 0 Å². The summed E-state index contributed by atoms with van der Waals surface area (Å²) in [4.78, 5) is 2.14. The van der Waals surface area contributed by atoms with Gasteiger partial charge in [0.2, 0.25) is 0 Å². The topological polar surface area (TPSA) is 24.5 Å². The minimum atomic E-state index is 0.855. The number of halogens is 1. The normalized spacial score (nSPS) is 10.5. The molecular formula is C11H17BrN2O. The lowest BCUT2D eigenvalue weighted by Gasteiger charge is -2.12. The summed E-state index contributed by atoms with van der Waals surface area (Å²) >= 11 is 3.45. The van der Waals surface area contributed by atoms with Crippen molar-refractivity contribution >= 4 is 21.6 Å². The number of ether oxygens (including phenoxy) is 1. The summed E-state index contributed by atoms with van der Waals surface area (Å²) in [6.07, 6.45) is 0. The number of hydrogen-bond donors (Lipinski definition) is 1. The number of anilines is 1. The molecule has 0 saturated heterocycles. The second kappa shape index (κ2) is 5.98. The largest absolute Gasteiger partial charge is 0.496 e. The van der Waals surface area contributed by atoms with Crippen molar-refractivity contribution in [2.24, 2.45) is 0 Å². The van der Waals surface area contributed by atoms with Crippen LogP contribution in [0.5, 0.6) is 5.75 Å². The fourth-order valence-electron chi connectivity index (χ4n) is 1.20. The maximum atomic E-state index is 5.16. The molecule has 0 heterocycles. The molecular weight excluding hydrogens is 256 g/mol.